The normalized spacial score (nSPS) is 15.0. The maximum Gasteiger partial charge on any atom is 0.168 e. The molecular formula is C34H31Cl3F2N8. The molecule has 6 rings (SSSR count). The molecule has 1 atom stereocenters. The van der Waals surface area contributed by atoms with E-state index < -0.39 is 23.4 Å². The number of fused-ring (bicyclic) bond motifs is 1. The Balaban J connectivity index is 1.38. The van der Waals surface area contributed by atoms with Gasteiger partial charge in [0, 0.05) is 40.9 Å². The van der Waals surface area contributed by atoms with Crippen molar-refractivity contribution in [2.45, 2.75) is 51.2 Å². The summed E-state index contributed by atoms with van der Waals surface area (Å²) in [7, 11) is 0. The summed E-state index contributed by atoms with van der Waals surface area (Å²) in [6.07, 6.45) is 5.17. The minimum absolute atomic E-state index is 0.0548. The fourth-order valence-electron chi connectivity index (χ4n) is 5.88. The number of halogens is 5. The summed E-state index contributed by atoms with van der Waals surface area (Å²) in [5.41, 5.74) is 2.20. The van der Waals surface area contributed by atoms with Crippen molar-refractivity contribution in [3.8, 4) is 6.07 Å². The van der Waals surface area contributed by atoms with Gasteiger partial charge in [-0.1, -0.05) is 52.1 Å². The number of likely N-dealkylation sites (tertiary alicyclic amines) is 1. The first-order valence-electron chi connectivity index (χ1n) is 15.0. The van der Waals surface area contributed by atoms with Gasteiger partial charge >= 0.3 is 0 Å². The molecule has 3 heterocycles. The summed E-state index contributed by atoms with van der Waals surface area (Å²) in [5.74, 6) is -1.87. The van der Waals surface area contributed by atoms with Crippen LogP contribution in [-0.4, -0.2) is 43.5 Å². The van der Waals surface area contributed by atoms with Crippen LogP contribution in [0.25, 0.3) is 10.9 Å². The van der Waals surface area contributed by atoms with Crippen LogP contribution < -0.4 is 10.6 Å². The van der Waals surface area contributed by atoms with Gasteiger partial charge in [0.05, 0.1) is 45.1 Å². The Labute approximate surface area is 286 Å². The number of hydrogen-bond acceptors (Lipinski definition) is 7. The number of nitrogens with one attached hydrogen (secondary N) is 2. The Kier molecular flexibility index (Phi) is 9.27. The van der Waals surface area contributed by atoms with Crippen molar-refractivity contribution < 1.29 is 8.78 Å². The van der Waals surface area contributed by atoms with E-state index in [4.69, 9.17) is 34.8 Å². The molecule has 242 valence electrons. The zero-order chi connectivity index (χ0) is 33.5. The third kappa shape index (κ3) is 6.85. The summed E-state index contributed by atoms with van der Waals surface area (Å²) in [6.45, 7) is 8.62. The highest BCUT2D eigenvalue weighted by Gasteiger charge is 2.29. The van der Waals surface area contributed by atoms with Gasteiger partial charge in [0.15, 0.2) is 5.82 Å². The topological polar surface area (TPSA) is 94.7 Å². The summed E-state index contributed by atoms with van der Waals surface area (Å²) >= 11 is 18.9. The number of anilines is 3. The molecule has 47 heavy (non-hydrogen) atoms. The van der Waals surface area contributed by atoms with Crippen molar-refractivity contribution in [3.05, 3.63) is 104 Å². The lowest BCUT2D eigenvalue weighted by Crippen LogP contribution is -2.46. The van der Waals surface area contributed by atoms with Gasteiger partial charge in [-0.15, -0.1) is 5.10 Å². The monoisotopic (exact) mass is 694 g/mol. The molecule has 1 saturated heterocycles. The average Bonchev–Trinajstić information content (AvgIpc) is 3.54. The largest absolute Gasteiger partial charge is 0.373 e. The second kappa shape index (κ2) is 13.2. The van der Waals surface area contributed by atoms with Crippen LogP contribution in [0.5, 0.6) is 0 Å². The maximum atomic E-state index is 14.9. The lowest BCUT2D eigenvalue weighted by atomic mass is 9.98. The van der Waals surface area contributed by atoms with Crippen LogP contribution >= 0.6 is 34.8 Å². The number of hydrogen-bond donors (Lipinski definition) is 2. The van der Waals surface area contributed by atoms with E-state index in [1.165, 1.54) is 6.20 Å². The Hall–Kier alpha value is -4.01. The van der Waals surface area contributed by atoms with Gasteiger partial charge in [-0.25, -0.2) is 13.5 Å². The number of nitrogens with zero attached hydrogens (tertiary/aromatic N) is 6. The van der Waals surface area contributed by atoms with Crippen molar-refractivity contribution in [1.29, 1.82) is 5.26 Å². The fourth-order valence-corrected chi connectivity index (χ4v) is 6.43. The van der Waals surface area contributed by atoms with Gasteiger partial charge in [0.2, 0.25) is 0 Å². The molecular weight excluding hydrogens is 665 g/mol. The first kappa shape index (κ1) is 32.9. The molecule has 0 bridgehead atoms. The van der Waals surface area contributed by atoms with Crippen LogP contribution in [0.1, 0.15) is 62.5 Å². The molecule has 1 fully saturated rings. The van der Waals surface area contributed by atoms with E-state index in [0.717, 1.165) is 43.6 Å². The molecule has 0 amide bonds. The third-order valence-electron chi connectivity index (χ3n) is 8.46. The number of nitriles is 1. The lowest BCUT2D eigenvalue weighted by Gasteiger charge is -2.40. The van der Waals surface area contributed by atoms with Crippen molar-refractivity contribution >= 4 is 62.8 Å². The van der Waals surface area contributed by atoms with Crippen LogP contribution in [0.15, 0.2) is 60.9 Å². The number of rotatable bonds is 7. The van der Waals surface area contributed by atoms with Crippen molar-refractivity contribution in [1.82, 2.24) is 24.9 Å². The smallest absolute Gasteiger partial charge is 0.168 e. The Morgan fingerprint density at radius 1 is 0.979 bits per heavy atom. The predicted molar refractivity (Wildman–Crippen MR) is 183 cm³/mol. The zero-order valence-corrected chi connectivity index (χ0v) is 28.1. The van der Waals surface area contributed by atoms with E-state index in [1.54, 1.807) is 24.3 Å². The zero-order valence-electron chi connectivity index (χ0n) is 25.8. The molecule has 1 aliphatic heterocycles. The van der Waals surface area contributed by atoms with E-state index in [-0.39, 0.29) is 32.9 Å². The lowest BCUT2D eigenvalue weighted by molar-refractivity contribution is 0.0866. The molecule has 5 aromatic rings. The van der Waals surface area contributed by atoms with Crippen molar-refractivity contribution in [2.24, 2.45) is 0 Å². The molecule has 0 unspecified atom stereocenters. The van der Waals surface area contributed by atoms with E-state index >= 15 is 0 Å². The number of pyridine rings is 1. The van der Waals surface area contributed by atoms with Crippen molar-refractivity contribution in [3.63, 3.8) is 0 Å². The Morgan fingerprint density at radius 3 is 2.38 bits per heavy atom. The van der Waals surface area contributed by atoms with E-state index in [2.05, 4.69) is 51.6 Å². The van der Waals surface area contributed by atoms with Crippen molar-refractivity contribution in [2.75, 3.05) is 23.7 Å². The van der Waals surface area contributed by atoms with E-state index in [0.29, 0.717) is 27.3 Å². The third-order valence-corrected chi connectivity index (χ3v) is 9.30. The van der Waals surface area contributed by atoms with Crippen LogP contribution in [0.4, 0.5) is 25.8 Å². The van der Waals surface area contributed by atoms with Crippen LogP contribution in [0, 0.1) is 23.0 Å². The second-order valence-corrected chi connectivity index (χ2v) is 13.7. The second-order valence-electron chi connectivity index (χ2n) is 12.5. The summed E-state index contributed by atoms with van der Waals surface area (Å²) in [5, 5.41) is 26.2. The van der Waals surface area contributed by atoms with E-state index in [1.807, 2.05) is 29.1 Å². The number of aromatic nitrogens is 4. The highest BCUT2D eigenvalue weighted by Crippen LogP contribution is 2.38. The van der Waals surface area contributed by atoms with Crippen LogP contribution in [0.3, 0.4) is 0 Å². The fraction of sp³-hybridized carbons (Fsp3) is 0.294. The Bertz CT molecular complexity index is 1980. The molecule has 0 spiro atoms. The summed E-state index contributed by atoms with van der Waals surface area (Å²) < 4.78 is 31.6. The molecule has 0 aliphatic carbocycles. The molecule has 1 aliphatic rings. The quantitative estimate of drug-likeness (QED) is 0.164. The first-order chi connectivity index (χ1) is 22.4. The van der Waals surface area contributed by atoms with Gasteiger partial charge in [-0.3, -0.25) is 9.88 Å². The molecule has 0 saturated carbocycles. The van der Waals surface area contributed by atoms with Crippen LogP contribution in [-0.2, 0) is 0 Å². The SMILES string of the molecule is CC(C)(C)N1CCC(n2cc([C@@H](Nc3cc(Cl)c4ncc(C#N)c(Nc5c(F)ccc(Cl)c5F)c4c3)c3ccc(Cl)cc3)nn2)CC1. The summed E-state index contributed by atoms with van der Waals surface area (Å²) in [4.78, 5) is 6.84. The molecule has 8 nitrogen and oxygen atoms in total. The van der Waals surface area contributed by atoms with Gasteiger partial charge in [0.1, 0.15) is 23.3 Å². The minimum Gasteiger partial charge on any atom is -0.373 e. The highest BCUT2D eigenvalue weighted by molar-refractivity contribution is 6.36. The standard InChI is InChI=1S/C34H31Cl3F2N8/c1-34(2,3)46-12-10-23(11-13-46)47-18-28(44-45-47)31(19-4-6-21(35)7-5-19)42-22-14-24-30(20(16-40)17-41-32(24)26(37)15-22)43-33-27(38)9-8-25(36)29(33)39/h4-9,14-15,17-18,23,31,42H,10-13H2,1-3H3,(H,41,43)/t31-/m0/s1. The first-order valence-corrected chi connectivity index (χ1v) is 16.2. The molecule has 0 radical (unpaired) electrons. The highest BCUT2D eigenvalue weighted by atomic mass is 35.5. The van der Waals surface area contributed by atoms with Crippen LogP contribution in [0.2, 0.25) is 15.1 Å². The van der Waals surface area contributed by atoms with E-state index in [9.17, 15) is 14.0 Å². The average molecular weight is 696 g/mol. The van der Waals surface area contributed by atoms with Gasteiger partial charge in [-0.05, 0) is 75.6 Å². The predicted octanol–water partition coefficient (Wildman–Crippen LogP) is 9.32. The molecule has 13 heteroatoms. The Morgan fingerprint density at radius 2 is 1.70 bits per heavy atom. The van der Waals surface area contributed by atoms with Gasteiger partial charge in [0.25, 0.3) is 0 Å². The van der Waals surface area contributed by atoms with Gasteiger partial charge < -0.3 is 10.6 Å². The molecule has 3 aromatic carbocycles. The number of piperidine rings is 1. The van der Waals surface area contributed by atoms with Gasteiger partial charge in [-0.2, -0.15) is 5.26 Å². The summed E-state index contributed by atoms with van der Waals surface area (Å²) in [6, 6.07) is 14.7. The number of benzene rings is 3. The molecule has 2 aromatic heterocycles. The molecule has 2 N–H and O–H groups in total. The minimum atomic E-state index is -0.990. The maximum absolute atomic E-state index is 14.9.